The van der Waals surface area contributed by atoms with Crippen LogP contribution in [0.3, 0.4) is 0 Å². The number of ether oxygens (including phenoxy) is 5. The maximum absolute atomic E-state index is 12.3. The van der Waals surface area contributed by atoms with E-state index in [1.54, 1.807) is 12.1 Å². The molecule has 0 heterocycles. The van der Waals surface area contributed by atoms with E-state index in [0.29, 0.717) is 23.0 Å². The van der Waals surface area contributed by atoms with Crippen LogP contribution in [-0.4, -0.2) is 53.0 Å². The van der Waals surface area contributed by atoms with Crippen molar-refractivity contribution in [3.05, 3.63) is 46.4 Å². The monoisotopic (exact) mass is 467 g/mol. The first kappa shape index (κ1) is 22.4. The predicted molar refractivity (Wildman–Crippen MR) is 109 cm³/mol. The molecule has 2 rings (SSSR count). The van der Waals surface area contributed by atoms with Crippen molar-refractivity contribution in [1.29, 1.82) is 0 Å². The third-order valence-corrected chi connectivity index (χ3v) is 4.28. The van der Waals surface area contributed by atoms with Gasteiger partial charge in [-0.3, -0.25) is 9.59 Å². The first-order chi connectivity index (χ1) is 14.0. The molecule has 2 aromatic rings. The van der Waals surface area contributed by atoms with Crippen LogP contribution in [0.15, 0.2) is 40.9 Å². The van der Waals surface area contributed by atoms with Gasteiger partial charge in [-0.05, 0) is 36.4 Å². The molecule has 0 aliphatic heterocycles. The number of carbonyl (C=O) groups is 2. The van der Waals surface area contributed by atoms with E-state index < -0.39 is 11.9 Å². The largest absolute Gasteiger partial charge is 0.493 e. The van der Waals surface area contributed by atoms with E-state index in [1.807, 2.05) is 12.1 Å². The van der Waals surface area contributed by atoms with Crippen LogP contribution in [0.2, 0.25) is 0 Å². The quantitative estimate of drug-likeness (QED) is 0.424. The lowest BCUT2D eigenvalue weighted by molar-refractivity contribution is -0.143. The molecule has 8 nitrogen and oxygen atoms in total. The lowest BCUT2D eigenvalue weighted by Crippen LogP contribution is -2.31. The Morgan fingerprint density at radius 1 is 0.931 bits per heavy atom. The standard InChI is InChI=1S/C20H22BrNO7/c1-25-16-10-13(11-17(26-2)19(16)27-3)20(24)22-12-18(23)29-9-8-28-15-6-4-14(21)5-7-15/h4-7,10-11H,8-9,12H2,1-3H3,(H,22,24). The fraction of sp³-hybridized carbons (Fsp3) is 0.300. The van der Waals surface area contributed by atoms with Gasteiger partial charge in [-0.2, -0.15) is 0 Å². The van der Waals surface area contributed by atoms with Gasteiger partial charge in [0.2, 0.25) is 5.75 Å². The number of methoxy groups -OCH3 is 3. The second-order valence-corrected chi connectivity index (χ2v) is 6.54. The highest BCUT2D eigenvalue weighted by atomic mass is 79.9. The van der Waals surface area contributed by atoms with Gasteiger partial charge < -0.3 is 29.0 Å². The zero-order valence-electron chi connectivity index (χ0n) is 16.3. The molecule has 0 aliphatic rings. The van der Waals surface area contributed by atoms with Gasteiger partial charge in [-0.25, -0.2) is 0 Å². The number of amides is 1. The smallest absolute Gasteiger partial charge is 0.325 e. The fourth-order valence-electron chi connectivity index (χ4n) is 2.36. The SMILES string of the molecule is COc1cc(C(=O)NCC(=O)OCCOc2ccc(Br)cc2)cc(OC)c1OC. The average molecular weight is 468 g/mol. The molecule has 0 saturated carbocycles. The van der Waals surface area contributed by atoms with Crippen LogP contribution in [0.5, 0.6) is 23.0 Å². The summed E-state index contributed by atoms with van der Waals surface area (Å²) >= 11 is 3.34. The Kier molecular flexibility index (Phi) is 8.60. The summed E-state index contributed by atoms with van der Waals surface area (Å²) in [6.45, 7) is -0.0169. The fourth-order valence-corrected chi connectivity index (χ4v) is 2.63. The molecule has 2 aromatic carbocycles. The summed E-state index contributed by atoms with van der Waals surface area (Å²) in [7, 11) is 4.37. The highest BCUT2D eigenvalue weighted by Gasteiger charge is 2.17. The summed E-state index contributed by atoms with van der Waals surface area (Å²) in [5.74, 6) is 0.656. The molecule has 29 heavy (non-hydrogen) atoms. The van der Waals surface area contributed by atoms with Crippen molar-refractivity contribution in [2.24, 2.45) is 0 Å². The zero-order chi connectivity index (χ0) is 21.2. The van der Waals surface area contributed by atoms with Crippen LogP contribution in [0, 0.1) is 0 Å². The van der Waals surface area contributed by atoms with E-state index in [1.165, 1.54) is 33.5 Å². The van der Waals surface area contributed by atoms with Crippen molar-refractivity contribution < 1.29 is 33.3 Å². The van der Waals surface area contributed by atoms with Crippen molar-refractivity contribution in [2.75, 3.05) is 41.1 Å². The Morgan fingerprint density at radius 3 is 2.10 bits per heavy atom. The number of esters is 1. The van der Waals surface area contributed by atoms with E-state index in [-0.39, 0.29) is 25.3 Å². The van der Waals surface area contributed by atoms with Gasteiger partial charge in [0.25, 0.3) is 5.91 Å². The lowest BCUT2D eigenvalue weighted by atomic mass is 10.1. The van der Waals surface area contributed by atoms with Gasteiger partial charge in [0, 0.05) is 10.0 Å². The van der Waals surface area contributed by atoms with Gasteiger partial charge in [-0.15, -0.1) is 0 Å². The normalized spacial score (nSPS) is 10.1. The predicted octanol–water partition coefficient (Wildman–Crippen LogP) is 2.83. The van der Waals surface area contributed by atoms with Gasteiger partial charge in [0.15, 0.2) is 11.5 Å². The molecular formula is C20H22BrNO7. The van der Waals surface area contributed by atoms with Crippen molar-refractivity contribution in [3.8, 4) is 23.0 Å². The molecule has 1 amide bonds. The molecule has 156 valence electrons. The highest BCUT2D eigenvalue weighted by Crippen LogP contribution is 2.38. The number of hydrogen-bond acceptors (Lipinski definition) is 7. The second kappa shape index (κ2) is 11.2. The molecule has 9 heteroatoms. The molecular weight excluding hydrogens is 446 g/mol. The van der Waals surface area contributed by atoms with E-state index in [0.717, 1.165) is 4.47 Å². The van der Waals surface area contributed by atoms with Crippen molar-refractivity contribution in [1.82, 2.24) is 5.32 Å². The Labute approximate surface area is 177 Å². The summed E-state index contributed by atoms with van der Waals surface area (Å²) in [6, 6.07) is 10.3. The van der Waals surface area contributed by atoms with Crippen LogP contribution in [-0.2, 0) is 9.53 Å². The van der Waals surface area contributed by atoms with Crippen LogP contribution >= 0.6 is 15.9 Å². The number of rotatable bonds is 10. The summed E-state index contributed by atoms with van der Waals surface area (Å²) in [5.41, 5.74) is 0.255. The zero-order valence-corrected chi connectivity index (χ0v) is 17.9. The minimum absolute atomic E-state index is 0.0644. The molecule has 0 aliphatic carbocycles. The van der Waals surface area contributed by atoms with E-state index in [4.69, 9.17) is 23.7 Å². The van der Waals surface area contributed by atoms with Crippen molar-refractivity contribution >= 4 is 27.8 Å². The maximum Gasteiger partial charge on any atom is 0.325 e. The Morgan fingerprint density at radius 2 is 1.55 bits per heavy atom. The number of nitrogens with one attached hydrogen (secondary N) is 1. The summed E-state index contributed by atoms with van der Waals surface area (Å²) in [5, 5.41) is 2.49. The van der Waals surface area contributed by atoms with Crippen LogP contribution in [0.1, 0.15) is 10.4 Å². The average Bonchev–Trinajstić information content (AvgIpc) is 2.75. The van der Waals surface area contributed by atoms with Crippen molar-refractivity contribution in [3.63, 3.8) is 0 Å². The second-order valence-electron chi connectivity index (χ2n) is 5.62. The van der Waals surface area contributed by atoms with Crippen LogP contribution in [0.25, 0.3) is 0 Å². The van der Waals surface area contributed by atoms with Gasteiger partial charge in [0.05, 0.1) is 21.3 Å². The first-order valence-corrected chi connectivity index (χ1v) is 9.40. The van der Waals surface area contributed by atoms with Crippen molar-refractivity contribution in [2.45, 2.75) is 0 Å². The summed E-state index contributed by atoms with van der Waals surface area (Å²) in [6.07, 6.45) is 0. The van der Waals surface area contributed by atoms with Crippen LogP contribution < -0.4 is 24.3 Å². The molecule has 0 unspecified atom stereocenters. The number of halogens is 1. The molecule has 0 saturated heterocycles. The number of benzene rings is 2. The molecule has 0 aromatic heterocycles. The van der Waals surface area contributed by atoms with Gasteiger partial charge in [-0.1, -0.05) is 15.9 Å². The lowest BCUT2D eigenvalue weighted by Gasteiger charge is -2.14. The summed E-state index contributed by atoms with van der Waals surface area (Å²) < 4.78 is 27.1. The molecule has 0 fully saturated rings. The van der Waals surface area contributed by atoms with E-state index in [2.05, 4.69) is 21.2 Å². The molecule has 0 radical (unpaired) electrons. The molecule has 1 N–H and O–H groups in total. The Hall–Kier alpha value is -2.94. The molecule has 0 bridgehead atoms. The van der Waals surface area contributed by atoms with Gasteiger partial charge in [0.1, 0.15) is 25.5 Å². The maximum atomic E-state index is 12.3. The van der Waals surface area contributed by atoms with Gasteiger partial charge >= 0.3 is 5.97 Å². The topological polar surface area (TPSA) is 92.3 Å². The number of hydrogen-bond donors (Lipinski definition) is 1. The Bertz CT molecular complexity index is 814. The minimum Gasteiger partial charge on any atom is -0.493 e. The third-order valence-electron chi connectivity index (χ3n) is 3.75. The van der Waals surface area contributed by atoms with E-state index >= 15 is 0 Å². The van der Waals surface area contributed by atoms with E-state index in [9.17, 15) is 9.59 Å². The summed E-state index contributed by atoms with van der Waals surface area (Å²) in [4.78, 5) is 24.1. The molecule has 0 atom stereocenters. The molecule has 0 spiro atoms. The highest BCUT2D eigenvalue weighted by molar-refractivity contribution is 9.10. The first-order valence-electron chi connectivity index (χ1n) is 8.60. The minimum atomic E-state index is -0.579. The third kappa shape index (κ3) is 6.56. The number of carbonyl (C=O) groups excluding carboxylic acids is 2. The Balaban J connectivity index is 1.80. The van der Waals surface area contributed by atoms with Crippen LogP contribution in [0.4, 0.5) is 0 Å².